The maximum Gasteiger partial charge on any atom is 0.415 e. The van der Waals surface area contributed by atoms with Crippen LogP contribution in [0.3, 0.4) is 0 Å². The van der Waals surface area contributed by atoms with Crippen molar-refractivity contribution < 1.29 is 18.3 Å². The van der Waals surface area contributed by atoms with Crippen molar-refractivity contribution in [1.29, 1.82) is 0 Å². The number of hydrogen-bond acceptors (Lipinski definition) is 3. The molecule has 1 saturated heterocycles. The molecule has 0 aromatic rings. The topological polar surface area (TPSA) is 32.3 Å². The highest BCUT2D eigenvalue weighted by molar-refractivity contribution is 7.99. The normalized spacial score (nSPS) is 21.2. The van der Waals surface area contributed by atoms with Crippen LogP contribution in [0.2, 0.25) is 0 Å². The molecular weight excluding hydrogens is 203 g/mol. The smallest absolute Gasteiger partial charge is 0.383 e. The molecule has 13 heavy (non-hydrogen) atoms. The minimum atomic E-state index is -4.47. The van der Waals surface area contributed by atoms with Gasteiger partial charge in [0.15, 0.2) is 6.10 Å². The van der Waals surface area contributed by atoms with Crippen molar-refractivity contribution in [1.82, 2.24) is 5.32 Å². The number of rotatable bonds is 4. The third-order valence-electron chi connectivity index (χ3n) is 1.87. The first-order valence-corrected chi connectivity index (χ1v) is 5.19. The average molecular weight is 215 g/mol. The minimum absolute atomic E-state index is 0.250. The van der Waals surface area contributed by atoms with E-state index in [4.69, 9.17) is 5.11 Å². The molecule has 78 valence electrons. The summed E-state index contributed by atoms with van der Waals surface area (Å²) in [6, 6.07) is 0. The average Bonchev–Trinajstić information content (AvgIpc) is 1.91. The Morgan fingerprint density at radius 3 is 2.46 bits per heavy atom. The number of halogens is 3. The van der Waals surface area contributed by atoms with E-state index in [0.717, 1.165) is 24.9 Å². The van der Waals surface area contributed by atoms with E-state index in [1.807, 2.05) is 0 Å². The summed E-state index contributed by atoms with van der Waals surface area (Å²) in [4.78, 5) is 0. The van der Waals surface area contributed by atoms with E-state index in [0.29, 0.717) is 11.7 Å². The molecule has 0 saturated carbocycles. The lowest BCUT2D eigenvalue weighted by atomic mass is 10.1. The van der Waals surface area contributed by atoms with Crippen molar-refractivity contribution in [2.75, 3.05) is 24.6 Å². The summed E-state index contributed by atoms with van der Waals surface area (Å²) in [5.74, 6) is 0.922. The Labute approximate surface area is 78.9 Å². The Morgan fingerprint density at radius 2 is 2.08 bits per heavy atom. The fourth-order valence-electron chi connectivity index (χ4n) is 0.907. The Morgan fingerprint density at radius 1 is 1.46 bits per heavy atom. The molecule has 1 fully saturated rings. The van der Waals surface area contributed by atoms with Crippen LogP contribution in [0.15, 0.2) is 0 Å². The summed E-state index contributed by atoms with van der Waals surface area (Å²) < 4.78 is 35.4. The fraction of sp³-hybridized carbons (Fsp3) is 1.00. The second-order valence-electron chi connectivity index (χ2n) is 3.12. The van der Waals surface area contributed by atoms with Gasteiger partial charge in [-0.15, -0.1) is 0 Å². The zero-order valence-electron chi connectivity index (χ0n) is 6.97. The van der Waals surface area contributed by atoms with Gasteiger partial charge in [-0.3, -0.25) is 0 Å². The summed E-state index contributed by atoms with van der Waals surface area (Å²) in [5.41, 5.74) is 0. The monoisotopic (exact) mass is 215 g/mol. The number of aliphatic hydroxyl groups is 1. The highest BCUT2D eigenvalue weighted by atomic mass is 32.2. The molecule has 1 aliphatic rings. The van der Waals surface area contributed by atoms with Gasteiger partial charge in [-0.25, -0.2) is 0 Å². The van der Waals surface area contributed by atoms with Gasteiger partial charge in [0.25, 0.3) is 0 Å². The molecule has 0 amide bonds. The molecule has 0 aromatic carbocycles. The van der Waals surface area contributed by atoms with Gasteiger partial charge in [-0.2, -0.15) is 24.9 Å². The Hall–Kier alpha value is 0.0600. The minimum Gasteiger partial charge on any atom is -0.383 e. The van der Waals surface area contributed by atoms with E-state index in [-0.39, 0.29) is 5.75 Å². The van der Waals surface area contributed by atoms with Gasteiger partial charge in [-0.05, 0) is 24.8 Å². The van der Waals surface area contributed by atoms with Gasteiger partial charge in [0, 0.05) is 5.75 Å². The molecule has 0 spiro atoms. The van der Waals surface area contributed by atoms with Crippen molar-refractivity contribution in [3.63, 3.8) is 0 Å². The van der Waals surface area contributed by atoms with Crippen LogP contribution in [0, 0.1) is 5.92 Å². The predicted octanol–water partition coefficient (Wildman–Crippen LogP) is 0.862. The molecule has 1 rings (SSSR count). The first-order valence-electron chi connectivity index (χ1n) is 4.03. The number of nitrogens with one attached hydrogen (secondary N) is 1. The SMILES string of the molecule is OC(CSCC1CNC1)C(F)(F)F. The fourth-order valence-corrected chi connectivity index (χ4v) is 2.02. The highest BCUT2D eigenvalue weighted by Gasteiger charge is 2.37. The molecule has 0 radical (unpaired) electrons. The standard InChI is InChI=1S/C7H12F3NOS/c8-7(9,10)6(12)4-13-3-5-1-11-2-5/h5-6,11-12H,1-4H2. The Kier molecular flexibility index (Phi) is 3.87. The van der Waals surface area contributed by atoms with Crippen LogP contribution < -0.4 is 5.32 Å². The predicted molar refractivity (Wildman–Crippen MR) is 45.7 cm³/mol. The van der Waals surface area contributed by atoms with Crippen LogP contribution in [-0.4, -0.2) is 42.0 Å². The molecule has 1 unspecified atom stereocenters. The summed E-state index contributed by atoms with van der Waals surface area (Å²) >= 11 is 1.16. The largest absolute Gasteiger partial charge is 0.415 e. The highest BCUT2D eigenvalue weighted by Crippen LogP contribution is 2.24. The number of hydrogen-bond donors (Lipinski definition) is 2. The van der Waals surface area contributed by atoms with E-state index in [2.05, 4.69) is 5.32 Å². The van der Waals surface area contributed by atoms with E-state index in [1.165, 1.54) is 0 Å². The van der Waals surface area contributed by atoms with Gasteiger partial charge in [0.1, 0.15) is 0 Å². The molecular formula is C7H12F3NOS. The summed E-state index contributed by atoms with van der Waals surface area (Å²) in [5, 5.41) is 11.7. The maximum atomic E-state index is 11.8. The lowest BCUT2D eigenvalue weighted by Crippen LogP contribution is -2.43. The molecule has 1 heterocycles. The number of alkyl halides is 3. The van der Waals surface area contributed by atoms with Crippen LogP contribution >= 0.6 is 11.8 Å². The van der Waals surface area contributed by atoms with Crippen LogP contribution in [-0.2, 0) is 0 Å². The van der Waals surface area contributed by atoms with Gasteiger partial charge < -0.3 is 10.4 Å². The van der Waals surface area contributed by atoms with Gasteiger partial charge in [-0.1, -0.05) is 0 Å². The molecule has 2 N–H and O–H groups in total. The summed E-state index contributed by atoms with van der Waals surface area (Å²) in [7, 11) is 0. The van der Waals surface area contributed by atoms with Crippen LogP contribution in [0.5, 0.6) is 0 Å². The Balaban J connectivity index is 2.04. The van der Waals surface area contributed by atoms with Crippen molar-refractivity contribution in [2.24, 2.45) is 5.92 Å². The van der Waals surface area contributed by atoms with Gasteiger partial charge in [0.2, 0.25) is 0 Å². The van der Waals surface area contributed by atoms with Crippen molar-refractivity contribution in [2.45, 2.75) is 12.3 Å². The van der Waals surface area contributed by atoms with Crippen LogP contribution in [0.4, 0.5) is 13.2 Å². The van der Waals surface area contributed by atoms with Crippen molar-refractivity contribution in [3.8, 4) is 0 Å². The maximum absolute atomic E-state index is 11.8. The first kappa shape index (κ1) is 11.1. The molecule has 0 bridgehead atoms. The third-order valence-corrected chi connectivity index (χ3v) is 3.13. The molecule has 0 aromatic heterocycles. The lowest BCUT2D eigenvalue weighted by Gasteiger charge is -2.27. The zero-order chi connectivity index (χ0) is 9.90. The van der Waals surface area contributed by atoms with Crippen molar-refractivity contribution in [3.05, 3.63) is 0 Å². The molecule has 2 nitrogen and oxygen atoms in total. The zero-order valence-corrected chi connectivity index (χ0v) is 7.79. The quantitative estimate of drug-likeness (QED) is 0.729. The van der Waals surface area contributed by atoms with Crippen molar-refractivity contribution >= 4 is 11.8 Å². The molecule has 6 heteroatoms. The van der Waals surface area contributed by atoms with E-state index in [1.54, 1.807) is 0 Å². The van der Waals surface area contributed by atoms with Crippen LogP contribution in [0.25, 0.3) is 0 Å². The van der Waals surface area contributed by atoms with Gasteiger partial charge >= 0.3 is 6.18 Å². The number of aliphatic hydroxyl groups excluding tert-OH is 1. The third kappa shape index (κ3) is 3.74. The number of thioether (sulfide) groups is 1. The molecule has 0 aliphatic carbocycles. The second kappa shape index (κ2) is 4.52. The summed E-state index contributed by atoms with van der Waals surface area (Å²) in [6.07, 6.45) is -6.64. The second-order valence-corrected chi connectivity index (χ2v) is 4.19. The van der Waals surface area contributed by atoms with E-state index < -0.39 is 12.3 Å². The summed E-state index contributed by atoms with van der Waals surface area (Å²) in [6.45, 7) is 1.77. The molecule has 1 aliphatic heterocycles. The lowest BCUT2D eigenvalue weighted by molar-refractivity contribution is -0.195. The van der Waals surface area contributed by atoms with E-state index >= 15 is 0 Å². The van der Waals surface area contributed by atoms with Crippen LogP contribution in [0.1, 0.15) is 0 Å². The molecule has 1 atom stereocenters. The van der Waals surface area contributed by atoms with E-state index in [9.17, 15) is 13.2 Å². The van der Waals surface area contributed by atoms with Gasteiger partial charge in [0.05, 0.1) is 0 Å². The Bertz CT molecular complexity index is 160. The first-order chi connectivity index (χ1) is 6.00.